The number of nitrogens with one attached hydrogen (secondary N) is 1. The zero-order chi connectivity index (χ0) is 17.6. The maximum atomic E-state index is 12.8. The summed E-state index contributed by atoms with van der Waals surface area (Å²) in [4.78, 5) is 26.0. The minimum atomic E-state index is -0.194. The molecule has 0 saturated heterocycles. The summed E-state index contributed by atoms with van der Waals surface area (Å²) >= 11 is 0. The lowest BCUT2D eigenvalue weighted by Gasteiger charge is -2.25. The molecular weight excluding hydrogens is 314 g/mol. The van der Waals surface area contributed by atoms with Crippen molar-refractivity contribution in [1.82, 2.24) is 24.7 Å². The quantitative estimate of drug-likeness (QED) is 0.795. The Morgan fingerprint density at radius 1 is 1.28 bits per heavy atom. The third kappa shape index (κ3) is 2.88. The Morgan fingerprint density at radius 3 is 2.68 bits per heavy atom. The second-order valence-corrected chi connectivity index (χ2v) is 7.23. The fourth-order valence-electron chi connectivity index (χ4n) is 3.23. The van der Waals surface area contributed by atoms with Crippen molar-refractivity contribution in [2.45, 2.75) is 39.2 Å². The number of fused-ring (bicyclic) bond motifs is 1. The minimum absolute atomic E-state index is 0.0857. The fourth-order valence-corrected chi connectivity index (χ4v) is 3.23. The van der Waals surface area contributed by atoms with Gasteiger partial charge in [0.1, 0.15) is 5.69 Å². The van der Waals surface area contributed by atoms with Crippen molar-refractivity contribution in [1.29, 1.82) is 0 Å². The van der Waals surface area contributed by atoms with E-state index in [4.69, 9.17) is 0 Å². The number of aromatic nitrogens is 4. The van der Waals surface area contributed by atoms with Crippen LogP contribution < -0.4 is 5.32 Å². The predicted octanol–water partition coefficient (Wildman–Crippen LogP) is 3.02. The third-order valence-electron chi connectivity index (χ3n) is 4.88. The van der Waals surface area contributed by atoms with E-state index in [1.807, 2.05) is 29.7 Å². The van der Waals surface area contributed by atoms with E-state index in [-0.39, 0.29) is 11.4 Å². The third-order valence-corrected chi connectivity index (χ3v) is 4.88. The van der Waals surface area contributed by atoms with Gasteiger partial charge >= 0.3 is 0 Å². The van der Waals surface area contributed by atoms with Crippen LogP contribution in [0.25, 0.3) is 17.2 Å². The van der Waals surface area contributed by atoms with Crippen molar-refractivity contribution >= 4 is 11.6 Å². The molecule has 1 aliphatic carbocycles. The largest absolute Gasteiger partial charge is 0.347 e. The molecule has 1 saturated carbocycles. The molecule has 0 aliphatic heterocycles. The van der Waals surface area contributed by atoms with Gasteiger partial charge in [-0.25, -0.2) is 15.0 Å². The van der Waals surface area contributed by atoms with E-state index in [1.165, 1.54) is 12.8 Å². The van der Waals surface area contributed by atoms with Gasteiger partial charge in [-0.2, -0.15) is 0 Å². The molecule has 128 valence electrons. The van der Waals surface area contributed by atoms with Crippen molar-refractivity contribution in [2.24, 2.45) is 5.92 Å². The zero-order valence-electron chi connectivity index (χ0n) is 14.7. The Kier molecular flexibility index (Phi) is 3.56. The highest BCUT2D eigenvalue weighted by Crippen LogP contribution is 2.39. The monoisotopic (exact) mass is 335 g/mol. The predicted molar refractivity (Wildman–Crippen MR) is 95.2 cm³/mol. The van der Waals surface area contributed by atoms with Crippen molar-refractivity contribution in [3.63, 3.8) is 0 Å². The second kappa shape index (κ2) is 5.65. The molecule has 1 amide bonds. The highest BCUT2D eigenvalue weighted by Gasteiger charge is 2.39. The van der Waals surface area contributed by atoms with Crippen LogP contribution in [0.5, 0.6) is 0 Å². The summed E-state index contributed by atoms with van der Waals surface area (Å²) in [6.45, 7) is 6.16. The maximum absolute atomic E-state index is 12.8. The van der Waals surface area contributed by atoms with E-state index in [1.54, 1.807) is 18.5 Å². The first kappa shape index (κ1) is 15.7. The molecule has 6 nitrogen and oxygen atoms in total. The molecular formula is C19H21N5O. The fraction of sp³-hybridized carbons (Fsp3) is 0.368. The van der Waals surface area contributed by atoms with Crippen LogP contribution in [0, 0.1) is 12.8 Å². The lowest BCUT2D eigenvalue weighted by molar-refractivity contribution is 0.0905. The number of carbonyl (C=O) groups is 1. The van der Waals surface area contributed by atoms with Gasteiger partial charge < -0.3 is 9.72 Å². The molecule has 0 spiro atoms. The molecule has 3 aromatic rings. The average molecular weight is 335 g/mol. The zero-order valence-corrected chi connectivity index (χ0v) is 14.7. The van der Waals surface area contributed by atoms with Gasteiger partial charge in [-0.15, -0.1) is 0 Å². The molecule has 1 aliphatic rings. The molecule has 3 aromatic heterocycles. The molecule has 3 heterocycles. The Morgan fingerprint density at radius 2 is 2.00 bits per heavy atom. The normalized spacial score (nSPS) is 14.7. The average Bonchev–Trinajstić information content (AvgIpc) is 3.36. The molecule has 4 rings (SSSR count). The summed E-state index contributed by atoms with van der Waals surface area (Å²) in [5, 5.41) is 3.17. The van der Waals surface area contributed by atoms with Crippen LogP contribution >= 0.6 is 0 Å². The lowest BCUT2D eigenvalue weighted by atomic mass is 9.98. The standard InChI is InChI=1S/C19H21N5O/c1-12-11-15(16-20-8-4-9-21-16)22-17-14(7-10-24(12)17)18(25)23-19(2,3)13-5-6-13/h4,7-11,13H,5-6H2,1-3H3,(H,23,25). The van der Waals surface area contributed by atoms with E-state index < -0.39 is 0 Å². The first-order valence-electron chi connectivity index (χ1n) is 8.54. The summed E-state index contributed by atoms with van der Waals surface area (Å²) in [5.41, 5.74) is 2.66. The number of amides is 1. The molecule has 6 heteroatoms. The Hall–Kier alpha value is -2.76. The van der Waals surface area contributed by atoms with E-state index in [9.17, 15) is 4.79 Å². The van der Waals surface area contributed by atoms with Gasteiger partial charge in [0.05, 0.1) is 5.56 Å². The summed E-state index contributed by atoms with van der Waals surface area (Å²) in [6, 6.07) is 5.52. The number of hydrogen-bond acceptors (Lipinski definition) is 4. The number of rotatable bonds is 4. The molecule has 0 radical (unpaired) electrons. The summed E-state index contributed by atoms with van der Waals surface area (Å²) < 4.78 is 1.92. The van der Waals surface area contributed by atoms with Crippen LogP contribution in [0.2, 0.25) is 0 Å². The van der Waals surface area contributed by atoms with Gasteiger partial charge in [0, 0.05) is 29.8 Å². The smallest absolute Gasteiger partial charge is 0.255 e. The SMILES string of the molecule is Cc1cc(-c2ncccn2)nc2c(C(=O)NC(C)(C)C3CC3)ccn12. The van der Waals surface area contributed by atoms with Gasteiger partial charge in [0.15, 0.2) is 11.5 Å². The van der Waals surface area contributed by atoms with Gasteiger partial charge in [-0.1, -0.05) is 0 Å². The summed E-state index contributed by atoms with van der Waals surface area (Å²) in [6.07, 6.45) is 7.61. The molecule has 25 heavy (non-hydrogen) atoms. The van der Waals surface area contributed by atoms with Gasteiger partial charge in [0.25, 0.3) is 5.91 Å². The van der Waals surface area contributed by atoms with Crippen LogP contribution in [0.4, 0.5) is 0 Å². The topological polar surface area (TPSA) is 72.2 Å². The van der Waals surface area contributed by atoms with Gasteiger partial charge in [-0.3, -0.25) is 4.79 Å². The molecule has 0 bridgehead atoms. The Bertz CT molecular complexity index is 941. The van der Waals surface area contributed by atoms with Crippen LogP contribution in [0.3, 0.4) is 0 Å². The minimum Gasteiger partial charge on any atom is -0.347 e. The number of carbonyl (C=O) groups excluding carboxylic acids is 1. The highest BCUT2D eigenvalue weighted by molar-refractivity contribution is 6.00. The number of hydrogen-bond donors (Lipinski definition) is 1. The van der Waals surface area contributed by atoms with Gasteiger partial charge in [0.2, 0.25) is 0 Å². The van der Waals surface area contributed by atoms with Crippen LogP contribution in [-0.2, 0) is 0 Å². The van der Waals surface area contributed by atoms with E-state index in [2.05, 4.69) is 34.1 Å². The Balaban J connectivity index is 1.75. The highest BCUT2D eigenvalue weighted by atomic mass is 16.1. The summed E-state index contributed by atoms with van der Waals surface area (Å²) in [7, 11) is 0. The van der Waals surface area contributed by atoms with Crippen LogP contribution in [0.15, 0.2) is 36.8 Å². The summed E-state index contributed by atoms with van der Waals surface area (Å²) in [5.74, 6) is 1.03. The van der Waals surface area contributed by atoms with Crippen molar-refractivity contribution in [3.05, 3.63) is 48.0 Å². The van der Waals surface area contributed by atoms with Crippen LogP contribution in [0.1, 0.15) is 42.7 Å². The Labute approximate surface area is 146 Å². The van der Waals surface area contributed by atoms with Crippen LogP contribution in [-0.4, -0.2) is 30.8 Å². The first-order valence-corrected chi connectivity index (χ1v) is 8.54. The first-order chi connectivity index (χ1) is 12.0. The van der Waals surface area contributed by atoms with Crippen molar-refractivity contribution in [2.75, 3.05) is 0 Å². The molecule has 0 aromatic carbocycles. The molecule has 1 N–H and O–H groups in total. The number of aryl methyl sites for hydroxylation is 1. The molecule has 0 atom stereocenters. The van der Waals surface area contributed by atoms with Crippen molar-refractivity contribution in [3.8, 4) is 11.5 Å². The lowest BCUT2D eigenvalue weighted by Crippen LogP contribution is -2.45. The van der Waals surface area contributed by atoms with Crippen molar-refractivity contribution < 1.29 is 4.79 Å². The second-order valence-electron chi connectivity index (χ2n) is 7.23. The van der Waals surface area contributed by atoms with E-state index >= 15 is 0 Å². The van der Waals surface area contributed by atoms with E-state index in [0.29, 0.717) is 28.6 Å². The molecule has 0 unspecified atom stereocenters. The van der Waals surface area contributed by atoms with Gasteiger partial charge in [-0.05, 0) is 57.7 Å². The molecule has 1 fully saturated rings. The number of nitrogens with zero attached hydrogens (tertiary/aromatic N) is 4. The van der Waals surface area contributed by atoms with E-state index in [0.717, 1.165) is 5.69 Å². The maximum Gasteiger partial charge on any atom is 0.255 e.